The quantitative estimate of drug-likeness (QED) is 0.512. The SMILES string of the molecule is CCC1NOC(C(=O)NC2CC(NC(=O)COc3ccc(Cl)c(F)c3)C3CC2C3)N1. The predicted octanol–water partition coefficient (Wildman–Crippen LogP) is 1.44. The Balaban J connectivity index is 1.25. The topological polar surface area (TPSA) is 101 Å². The van der Waals surface area contributed by atoms with E-state index in [0.29, 0.717) is 18.3 Å². The van der Waals surface area contributed by atoms with E-state index in [9.17, 15) is 14.0 Å². The average molecular weight is 441 g/mol. The molecule has 4 fully saturated rings. The standard InChI is InChI=1S/C20H26ClFN4O4/c1-2-17-25-20(30-26-17)19(28)24-16-8-15(10-5-11(16)6-10)23-18(27)9-29-12-3-4-13(21)14(22)7-12/h3-4,7,10-11,15-17,20,25-26H,2,5-6,8-9H2,1H3,(H,23,27)(H,24,28). The second kappa shape index (κ2) is 9.05. The van der Waals surface area contributed by atoms with Crippen molar-refractivity contribution in [2.24, 2.45) is 11.8 Å². The van der Waals surface area contributed by atoms with Crippen molar-refractivity contribution >= 4 is 23.4 Å². The maximum Gasteiger partial charge on any atom is 0.266 e. The van der Waals surface area contributed by atoms with Crippen LogP contribution in [0.3, 0.4) is 0 Å². The van der Waals surface area contributed by atoms with Crippen LogP contribution in [0.2, 0.25) is 5.02 Å². The molecule has 0 aromatic heterocycles. The summed E-state index contributed by atoms with van der Waals surface area (Å²) in [6.45, 7) is 1.78. The van der Waals surface area contributed by atoms with Gasteiger partial charge in [0.25, 0.3) is 11.8 Å². The summed E-state index contributed by atoms with van der Waals surface area (Å²) in [5.41, 5.74) is 2.79. The van der Waals surface area contributed by atoms with E-state index in [-0.39, 0.29) is 47.4 Å². The van der Waals surface area contributed by atoms with Crippen LogP contribution in [0.25, 0.3) is 0 Å². The minimum atomic E-state index is -0.714. The number of carbonyl (C=O) groups is 2. The fourth-order valence-corrected chi connectivity index (χ4v) is 4.45. The molecule has 3 aliphatic carbocycles. The third kappa shape index (κ3) is 4.69. The number of hydrogen-bond donors (Lipinski definition) is 4. The molecule has 1 saturated heterocycles. The second-order valence-electron chi connectivity index (χ2n) is 8.12. The smallest absolute Gasteiger partial charge is 0.266 e. The Morgan fingerprint density at radius 1 is 1.23 bits per heavy atom. The number of ether oxygens (including phenoxy) is 1. The summed E-state index contributed by atoms with van der Waals surface area (Å²) in [5, 5.41) is 9.13. The molecule has 2 bridgehead atoms. The van der Waals surface area contributed by atoms with E-state index in [0.717, 1.165) is 25.3 Å². The summed E-state index contributed by atoms with van der Waals surface area (Å²) >= 11 is 5.64. The second-order valence-corrected chi connectivity index (χ2v) is 8.53. The van der Waals surface area contributed by atoms with Gasteiger partial charge in [-0.1, -0.05) is 18.5 Å². The van der Waals surface area contributed by atoms with Crippen LogP contribution in [0.5, 0.6) is 5.75 Å². The van der Waals surface area contributed by atoms with Crippen molar-refractivity contribution < 1.29 is 23.6 Å². The number of halogens is 2. The highest BCUT2D eigenvalue weighted by molar-refractivity contribution is 6.30. The van der Waals surface area contributed by atoms with Gasteiger partial charge in [0.2, 0.25) is 6.23 Å². The van der Waals surface area contributed by atoms with Gasteiger partial charge < -0.3 is 15.4 Å². The molecule has 1 aromatic carbocycles. The molecule has 4 unspecified atom stereocenters. The normalized spacial score (nSPS) is 32.2. The summed E-state index contributed by atoms with van der Waals surface area (Å²) in [4.78, 5) is 30.1. The van der Waals surface area contributed by atoms with Crippen LogP contribution in [0, 0.1) is 17.7 Å². The van der Waals surface area contributed by atoms with Gasteiger partial charge in [0.15, 0.2) is 6.61 Å². The number of carbonyl (C=O) groups excluding carboxylic acids is 2. The maximum atomic E-state index is 13.5. The maximum absolute atomic E-state index is 13.5. The van der Waals surface area contributed by atoms with Crippen molar-refractivity contribution in [3.05, 3.63) is 29.0 Å². The predicted molar refractivity (Wildman–Crippen MR) is 107 cm³/mol. The fraction of sp³-hybridized carbons (Fsp3) is 0.600. The van der Waals surface area contributed by atoms with Crippen molar-refractivity contribution in [1.82, 2.24) is 21.4 Å². The molecule has 3 saturated carbocycles. The first-order valence-electron chi connectivity index (χ1n) is 10.3. The van der Waals surface area contributed by atoms with Gasteiger partial charge in [0.1, 0.15) is 11.6 Å². The molecule has 4 aliphatic rings. The molecule has 0 spiro atoms. The van der Waals surface area contributed by atoms with Crippen LogP contribution < -0.4 is 26.2 Å². The highest BCUT2D eigenvalue weighted by atomic mass is 35.5. The first kappa shape index (κ1) is 21.3. The Labute approximate surface area is 179 Å². The lowest BCUT2D eigenvalue weighted by molar-refractivity contribution is -0.136. The van der Waals surface area contributed by atoms with Gasteiger partial charge >= 0.3 is 0 Å². The summed E-state index contributed by atoms with van der Waals surface area (Å²) in [7, 11) is 0. The van der Waals surface area contributed by atoms with E-state index in [1.807, 2.05) is 6.92 Å². The number of hydrogen-bond acceptors (Lipinski definition) is 6. The number of fused-ring (bicyclic) bond motifs is 2. The minimum absolute atomic E-state index is 0.000772. The number of nitrogens with one attached hydrogen (secondary N) is 4. The zero-order valence-corrected chi connectivity index (χ0v) is 17.4. The molecule has 1 aliphatic heterocycles. The van der Waals surface area contributed by atoms with Gasteiger partial charge in [0.05, 0.1) is 11.2 Å². The Bertz CT molecular complexity index is 807. The van der Waals surface area contributed by atoms with Crippen LogP contribution in [-0.2, 0) is 14.4 Å². The zero-order valence-electron chi connectivity index (χ0n) is 16.6. The fourth-order valence-electron chi connectivity index (χ4n) is 4.33. The molecule has 4 N–H and O–H groups in total. The van der Waals surface area contributed by atoms with E-state index in [2.05, 4.69) is 21.4 Å². The molecule has 5 rings (SSSR count). The van der Waals surface area contributed by atoms with Crippen molar-refractivity contribution in [1.29, 1.82) is 0 Å². The van der Waals surface area contributed by atoms with Crippen molar-refractivity contribution in [3.63, 3.8) is 0 Å². The highest BCUT2D eigenvalue weighted by Crippen LogP contribution is 2.45. The third-order valence-electron chi connectivity index (χ3n) is 6.12. The first-order chi connectivity index (χ1) is 14.4. The van der Waals surface area contributed by atoms with Crippen LogP contribution in [0.15, 0.2) is 18.2 Å². The Hall–Kier alpha value is -1.94. The number of rotatable bonds is 7. The molecule has 4 atom stereocenters. The summed E-state index contributed by atoms with van der Waals surface area (Å²) in [6, 6.07) is 4.00. The van der Waals surface area contributed by atoms with Gasteiger partial charge in [0, 0.05) is 18.2 Å². The van der Waals surface area contributed by atoms with E-state index in [1.54, 1.807) is 0 Å². The van der Waals surface area contributed by atoms with Crippen molar-refractivity contribution in [2.75, 3.05) is 6.61 Å². The molecule has 2 amide bonds. The lowest BCUT2D eigenvalue weighted by atomic mass is 9.60. The Morgan fingerprint density at radius 3 is 2.63 bits per heavy atom. The van der Waals surface area contributed by atoms with E-state index < -0.39 is 12.0 Å². The summed E-state index contributed by atoms with van der Waals surface area (Å²) in [6.07, 6.45) is 2.65. The minimum Gasteiger partial charge on any atom is -0.484 e. The lowest BCUT2D eigenvalue weighted by Crippen LogP contribution is -2.61. The van der Waals surface area contributed by atoms with Crippen LogP contribution >= 0.6 is 11.6 Å². The van der Waals surface area contributed by atoms with Gasteiger partial charge in [-0.05, 0) is 49.7 Å². The summed E-state index contributed by atoms with van der Waals surface area (Å²) in [5.74, 6) is 0.00655. The lowest BCUT2D eigenvalue weighted by Gasteiger charge is -2.51. The molecule has 1 heterocycles. The molecule has 8 nitrogen and oxygen atoms in total. The number of amides is 2. The molecule has 164 valence electrons. The molecule has 10 heteroatoms. The van der Waals surface area contributed by atoms with Crippen molar-refractivity contribution in [3.8, 4) is 5.75 Å². The highest BCUT2D eigenvalue weighted by Gasteiger charge is 2.47. The van der Waals surface area contributed by atoms with E-state index >= 15 is 0 Å². The van der Waals surface area contributed by atoms with Gasteiger partial charge in [-0.3, -0.25) is 19.7 Å². The van der Waals surface area contributed by atoms with Crippen molar-refractivity contribution in [2.45, 2.75) is 57.1 Å². The Kier molecular flexibility index (Phi) is 6.43. The molecular weight excluding hydrogens is 415 g/mol. The number of hydroxylamine groups is 1. The van der Waals surface area contributed by atoms with Crippen LogP contribution in [0.4, 0.5) is 4.39 Å². The Morgan fingerprint density at radius 2 is 1.97 bits per heavy atom. The summed E-state index contributed by atoms with van der Waals surface area (Å²) < 4.78 is 18.8. The van der Waals surface area contributed by atoms with Gasteiger partial charge in [-0.2, -0.15) is 5.48 Å². The molecule has 1 aromatic rings. The van der Waals surface area contributed by atoms with E-state index in [4.69, 9.17) is 21.2 Å². The molecule has 30 heavy (non-hydrogen) atoms. The molecule has 0 radical (unpaired) electrons. The van der Waals surface area contributed by atoms with Gasteiger partial charge in [-0.15, -0.1) is 0 Å². The number of benzene rings is 1. The largest absolute Gasteiger partial charge is 0.484 e. The van der Waals surface area contributed by atoms with Crippen LogP contribution in [-0.4, -0.2) is 42.9 Å². The monoisotopic (exact) mass is 440 g/mol. The zero-order chi connectivity index (χ0) is 21.3. The molecular formula is C20H26ClFN4O4. The first-order valence-corrected chi connectivity index (χ1v) is 10.7. The van der Waals surface area contributed by atoms with E-state index in [1.165, 1.54) is 12.1 Å². The van der Waals surface area contributed by atoms with Gasteiger partial charge in [-0.25, -0.2) is 4.39 Å². The average Bonchev–Trinajstić information content (AvgIpc) is 3.17. The van der Waals surface area contributed by atoms with Crippen LogP contribution in [0.1, 0.15) is 32.6 Å². The third-order valence-corrected chi connectivity index (χ3v) is 6.43.